The van der Waals surface area contributed by atoms with Gasteiger partial charge in [-0.05, 0) is 30.9 Å². The summed E-state index contributed by atoms with van der Waals surface area (Å²) in [6.45, 7) is 10.1. The number of aromatic nitrogens is 2. The third-order valence-electron chi connectivity index (χ3n) is 3.33. The number of hydrogen-bond acceptors (Lipinski definition) is 1. The van der Waals surface area contributed by atoms with Crippen LogP contribution in [0.4, 0.5) is 0 Å². The zero-order chi connectivity index (χ0) is 13.3. The van der Waals surface area contributed by atoms with E-state index in [9.17, 15) is 4.79 Å². The van der Waals surface area contributed by atoms with Crippen molar-refractivity contribution >= 4 is 11.0 Å². The van der Waals surface area contributed by atoms with E-state index < -0.39 is 0 Å². The van der Waals surface area contributed by atoms with Gasteiger partial charge >= 0.3 is 5.69 Å². The van der Waals surface area contributed by atoms with Gasteiger partial charge in [0.15, 0.2) is 0 Å². The summed E-state index contributed by atoms with van der Waals surface area (Å²) in [4.78, 5) is 12.4. The second kappa shape index (κ2) is 4.63. The summed E-state index contributed by atoms with van der Waals surface area (Å²) in [5.74, 6) is 0. The fraction of sp³-hybridized carbons (Fsp3) is 0.533. The molecule has 0 unspecified atom stereocenters. The lowest BCUT2D eigenvalue weighted by Crippen LogP contribution is -2.25. The number of aryl methyl sites for hydroxylation is 2. The molecule has 18 heavy (non-hydrogen) atoms. The molecule has 3 nitrogen and oxygen atoms in total. The van der Waals surface area contributed by atoms with Crippen LogP contribution in [0.3, 0.4) is 0 Å². The van der Waals surface area contributed by atoms with Crippen LogP contribution in [-0.4, -0.2) is 9.13 Å². The Bertz CT molecular complexity index is 599. The standard InChI is InChI=1S/C15H22N2O/c1-5-16-12-8-6-7-9-13(12)17(14(16)18)11-10-15(2,3)4/h6-9H,5,10-11H2,1-4H3. The van der Waals surface area contributed by atoms with Crippen molar-refractivity contribution in [2.75, 3.05) is 0 Å². The van der Waals surface area contributed by atoms with Gasteiger partial charge in [-0.1, -0.05) is 32.9 Å². The molecule has 2 rings (SSSR count). The zero-order valence-electron chi connectivity index (χ0n) is 11.7. The molecular weight excluding hydrogens is 224 g/mol. The molecule has 1 heterocycles. The molecule has 0 bridgehead atoms. The summed E-state index contributed by atoms with van der Waals surface area (Å²) >= 11 is 0. The molecule has 1 aromatic carbocycles. The highest BCUT2D eigenvalue weighted by Crippen LogP contribution is 2.21. The van der Waals surface area contributed by atoms with Crippen molar-refractivity contribution in [2.45, 2.75) is 47.2 Å². The van der Waals surface area contributed by atoms with E-state index in [0.29, 0.717) is 0 Å². The third kappa shape index (κ3) is 2.35. The van der Waals surface area contributed by atoms with Crippen LogP contribution >= 0.6 is 0 Å². The zero-order valence-corrected chi connectivity index (χ0v) is 11.7. The molecule has 2 aromatic rings. The topological polar surface area (TPSA) is 26.9 Å². The van der Waals surface area contributed by atoms with E-state index in [2.05, 4.69) is 20.8 Å². The predicted molar refractivity (Wildman–Crippen MR) is 75.9 cm³/mol. The van der Waals surface area contributed by atoms with Gasteiger partial charge in [-0.3, -0.25) is 9.13 Å². The van der Waals surface area contributed by atoms with Gasteiger partial charge in [-0.2, -0.15) is 0 Å². The van der Waals surface area contributed by atoms with E-state index in [-0.39, 0.29) is 11.1 Å². The predicted octanol–water partition coefficient (Wildman–Crippen LogP) is 3.26. The molecule has 0 spiro atoms. The summed E-state index contributed by atoms with van der Waals surface area (Å²) in [5, 5.41) is 0. The van der Waals surface area contributed by atoms with Crippen LogP contribution in [0.15, 0.2) is 29.1 Å². The molecule has 0 aliphatic rings. The van der Waals surface area contributed by atoms with Crippen molar-refractivity contribution in [1.29, 1.82) is 0 Å². The average Bonchev–Trinajstić information content (AvgIpc) is 2.57. The van der Waals surface area contributed by atoms with Gasteiger partial charge in [0.05, 0.1) is 11.0 Å². The summed E-state index contributed by atoms with van der Waals surface area (Å²) in [6.07, 6.45) is 1.00. The first-order valence-corrected chi connectivity index (χ1v) is 6.62. The molecule has 0 fully saturated rings. The smallest absolute Gasteiger partial charge is 0.292 e. The largest absolute Gasteiger partial charge is 0.329 e. The second-order valence-corrected chi connectivity index (χ2v) is 5.98. The van der Waals surface area contributed by atoms with Gasteiger partial charge in [-0.25, -0.2) is 4.79 Å². The lowest BCUT2D eigenvalue weighted by atomic mass is 9.92. The van der Waals surface area contributed by atoms with Crippen molar-refractivity contribution in [3.8, 4) is 0 Å². The number of benzene rings is 1. The molecule has 0 atom stereocenters. The molecular formula is C15H22N2O. The van der Waals surface area contributed by atoms with Gasteiger partial charge < -0.3 is 0 Å². The van der Waals surface area contributed by atoms with Crippen LogP contribution in [-0.2, 0) is 13.1 Å². The maximum atomic E-state index is 12.4. The highest BCUT2D eigenvalue weighted by Gasteiger charge is 2.15. The SMILES string of the molecule is CCn1c(=O)n(CCC(C)(C)C)c2ccccc21. The number of fused-ring (bicyclic) bond motifs is 1. The van der Waals surface area contributed by atoms with E-state index in [4.69, 9.17) is 0 Å². The molecule has 3 heteroatoms. The van der Waals surface area contributed by atoms with E-state index in [1.165, 1.54) is 0 Å². The van der Waals surface area contributed by atoms with Crippen LogP contribution in [0.5, 0.6) is 0 Å². The van der Waals surface area contributed by atoms with Crippen LogP contribution in [0.2, 0.25) is 0 Å². The van der Waals surface area contributed by atoms with Gasteiger partial charge in [0, 0.05) is 13.1 Å². The monoisotopic (exact) mass is 246 g/mol. The van der Waals surface area contributed by atoms with Crippen molar-refractivity contribution in [3.63, 3.8) is 0 Å². The number of hydrogen-bond donors (Lipinski definition) is 0. The highest BCUT2D eigenvalue weighted by atomic mass is 16.1. The van der Waals surface area contributed by atoms with Crippen molar-refractivity contribution in [3.05, 3.63) is 34.7 Å². The summed E-state index contributed by atoms with van der Waals surface area (Å²) in [6, 6.07) is 8.04. The third-order valence-corrected chi connectivity index (χ3v) is 3.33. The molecule has 0 N–H and O–H groups in total. The number of nitrogens with zero attached hydrogens (tertiary/aromatic N) is 2. The van der Waals surface area contributed by atoms with Crippen LogP contribution in [0, 0.1) is 5.41 Å². The number of imidazole rings is 1. The summed E-state index contributed by atoms with van der Waals surface area (Å²) in [7, 11) is 0. The molecule has 0 saturated heterocycles. The minimum Gasteiger partial charge on any atom is -0.292 e. The Kier molecular flexibility index (Phi) is 3.33. The van der Waals surface area contributed by atoms with Crippen LogP contribution in [0.25, 0.3) is 11.0 Å². The number of para-hydroxylation sites is 2. The van der Waals surface area contributed by atoms with E-state index in [1.54, 1.807) is 0 Å². The fourth-order valence-electron chi connectivity index (χ4n) is 2.24. The maximum Gasteiger partial charge on any atom is 0.329 e. The molecule has 0 amide bonds. The van der Waals surface area contributed by atoms with Gasteiger partial charge in [0.1, 0.15) is 0 Å². The average molecular weight is 246 g/mol. The molecule has 0 saturated carbocycles. The van der Waals surface area contributed by atoms with Gasteiger partial charge in [-0.15, -0.1) is 0 Å². The first kappa shape index (κ1) is 12.9. The van der Waals surface area contributed by atoms with Crippen LogP contribution < -0.4 is 5.69 Å². The first-order valence-electron chi connectivity index (χ1n) is 6.62. The molecule has 0 radical (unpaired) electrons. The van der Waals surface area contributed by atoms with E-state index in [1.807, 2.05) is 40.3 Å². The molecule has 1 aromatic heterocycles. The van der Waals surface area contributed by atoms with Crippen molar-refractivity contribution in [2.24, 2.45) is 5.41 Å². The second-order valence-electron chi connectivity index (χ2n) is 5.98. The maximum absolute atomic E-state index is 12.4. The number of rotatable bonds is 3. The lowest BCUT2D eigenvalue weighted by Gasteiger charge is -2.17. The Labute approximate surface area is 108 Å². The lowest BCUT2D eigenvalue weighted by molar-refractivity contribution is 0.349. The minimum atomic E-state index is 0.114. The Morgan fingerprint density at radius 3 is 2.11 bits per heavy atom. The van der Waals surface area contributed by atoms with Crippen LogP contribution in [0.1, 0.15) is 34.1 Å². The van der Waals surface area contributed by atoms with Gasteiger partial charge in [0.2, 0.25) is 0 Å². The van der Waals surface area contributed by atoms with Gasteiger partial charge in [0.25, 0.3) is 0 Å². The van der Waals surface area contributed by atoms with Crippen molar-refractivity contribution in [1.82, 2.24) is 9.13 Å². The first-order chi connectivity index (χ1) is 8.44. The highest BCUT2D eigenvalue weighted by molar-refractivity contribution is 5.75. The van der Waals surface area contributed by atoms with Crippen molar-refractivity contribution < 1.29 is 0 Å². The van der Waals surface area contributed by atoms with E-state index in [0.717, 1.165) is 30.5 Å². The normalized spacial score (nSPS) is 12.2. The molecule has 0 aliphatic heterocycles. The molecule has 98 valence electrons. The summed E-state index contributed by atoms with van der Waals surface area (Å²) in [5.41, 5.74) is 2.45. The Balaban J connectivity index is 2.50. The summed E-state index contributed by atoms with van der Waals surface area (Å²) < 4.78 is 3.75. The van der Waals surface area contributed by atoms with E-state index >= 15 is 0 Å². The Hall–Kier alpha value is -1.51. The Morgan fingerprint density at radius 2 is 1.61 bits per heavy atom. The quantitative estimate of drug-likeness (QED) is 0.816. The Morgan fingerprint density at radius 1 is 1.06 bits per heavy atom. The minimum absolute atomic E-state index is 0.114. The molecule has 0 aliphatic carbocycles. The fourth-order valence-corrected chi connectivity index (χ4v) is 2.24.